The zero-order valence-electron chi connectivity index (χ0n) is 12.9. The summed E-state index contributed by atoms with van der Waals surface area (Å²) in [5.74, 6) is -0.905. The molecule has 1 aliphatic heterocycles. The number of aliphatic carboxylic acids is 1. The molecule has 3 rings (SSSR count). The van der Waals surface area contributed by atoms with Crippen molar-refractivity contribution in [3.8, 4) is 0 Å². The van der Waals surface area contributed by atoms with Crippen molar-refractivity contribution in [3.05, 3.63) is 50.9 Å². The van der Waals surface area contributed by atoms with E-state index in [2.05, 4.69) is 28.9 Å². The van der Waals surface area contributed by atoms with Crippen LogP contribution < -0.4 is 0 Å². The third-order valence-electron chi connectivity index (χ3n) is 4.47. The number of thiophene rings is 1. The van der Waals surface area contributed by atoms with E-state index in [1.165, 1.54) is 10.4 Å². The lowest BCUT2D eigenvalue weighted by atomic mass is 9.93. The second kappa shape index (κ2) is 6.99. The Bertz CT molecular complexity index is 695. The first-order chi connectivity index (χ1) is 11.1. The van der Waals surface area contributed by atoms with Crippen LogP contribution in [0.15, 0.2) is 30.6 Å². The molecule has 3 heterocycles. The van der Waals surface area contributed by atoms with Gasteiger partial charge in [0.15, 0.2) is 0 Å². The highest BCUT2D eigenvalue weighted by Gasteiger charge is 2.31. The van der Waals surface area contributed by atoms with E-state index in [0.29, 0.717) is 12.8 Å². The maximum absolute atomic E-state index is 11.2. The number of aromatic nitrogens is 1. The maximum Gasteiger partial charge on any atom is 0.306 e. The van der Waals surface area contributed by atoms with Gasteiger partial charge in [0.25, 0.3) is 0 Å². The largest absolute Gasteiger partial charge is 0.481 e. The fourth-order valence-electron chi connectivity index (χ4n) is 3.20. The topological polar surface area (TPSA) is 53.4 Å². The van der Waals surface area contributed by atoms with Crippen molar-refractivity contribution >= 4 is 28.9 Å². The summed E-state index contributed by atoms with van der Waals surface area (Å²) in [6.07, 6.45) is 5.07. The molecule has 2 aromatic rings. The average molecular weight is 351 g/mol. The van der Waals surface area contributed by atoms with Crippen molar-refractivity contribution in [3.63, 3.8) is 0 Å². The number of pyridine rings is 1. The summed E-state index contributed by atoms with van der Waals surface area (Å²) in [5, 5.41) is 9.20. The molecule has 2 aromatic heterocycles. The minimum atomic E-state index is -0.680. The number of hydrogen-bond donors (Lipinski definition) is 1. The van der Waals surface area contributed by atoms with Crippen molar-refractivity contribution in [2.45, 2.75) is 25.8 Å². The van der Waals surface area contributed by atoms with Gasteiger partial charge in [-0.2, -0.15) is 0 Å². The van der Waals surface area contributed by atoms with Gasteiger partial charge in [0.2, 0.25) is 0 Å². The molecule has 1 saturated heterocycles. The van der Waals surface area contributed by atoms with Crippen LogP contribution in [0.1, 0.15) is 34.9 Å². The predicted octanol–water partition coefficient (Wildman–Crippen LogP) is 3.99. The molecule has 122 valence electrons. The molecule has 0 radical (unpaired) electrons. The summed E-state index contributed by atoms with van der Waals surface area (Å²) in [6.45, 7) is 3.62. The fraction of sp³-hybridized carbons (Fsp3) is 0.412. The summed E-state index contributed by atoms with van der Waals surface area (Å²) >= 11 is 7.73. The van der Waals surface area contributed by atoms with Crippen molar-refractivity contribution in [2.75, 3.05) is 13.1 Å². The lowest BCUT2D eigenvalue weighted by Crippen LogP contribution is -2.39. The van der Waals surface area contributed by atoms with Crippen LogP contribution in [-0.4, -0.2) is 34.0 Å². The van der Waals surface area contributed by atoms with Crippen molar-refractivity contribution in [2.24, 2.45) is 5.92 Å². The SMILES string of the molecule is Cc1cnccc1C(c1ccc(Cl)s1)N1CCC(C(=O)O)CC1. The molecule has 0 amide bonds. The van der Waals surface area contributed by atoms with E-state index in [1.54, 1.807) is 11.3 Å². The Morgan fingerprint density at radius 2 is 2.13 bits per heavy atom. The van der Waals surface area contributed by atoms with E-state index in [9.17, 15) is 9.90 Å². The maximum atomic E-state index is 11.2. The van der Waals surface area contributed by atoms with E-state index in [-0.39, 0.29) is 12.0 Å². The molecule has 0 saturated carbocycles. The molecule has 0 aliphatic carbocycles. The van der Waals surface area contributed by atoms with E-state index in [1.807, 2.05) is 18.5 Å². The van der Waals surface area contributed by atoms with Gasteiger partial charge >= 0.3 is 5.97 Å². The first kappa shape index (κ1) is 16.4. The smallest absolute Gasteiger partial charge is 0.306 e. The Kier molecular flexibility index (Phi) is 4.99. The second-order valence-corrected chi connectivity index (χ2v) is 7.67. The molecule has 23 heavy (non-hydrogen) atoms. The standard InChI is InChI=1S/C17H19ClN2O2S/c1-11-10-19-7-4-13(11)16(14-2-3-15(18)23-14)20-8-5-12(6-9-20)17(21)22/h2-4,7,10,12,16H,5-6,8-9H2,1H3,(H,21,22). The van der Waals surface area contributed by atoms with Crippen molar-refractivity contribution in [1.82, 2.24) is 9.88 Å². The van der Waals surface area contributed by atoms with Gasteiger partial charge in [-0.3, -0.25) is 14.7 Å². The summed E-state index contributed by atoms with van der Waals surface area (Å²) in [4.78, 5) is 18.9. The van der Waals surface area contributed by atoms with Crippen LogP contribution in [0.5, 0.6) is 0 Å². The van der Waals surface area contributed by atoms with Gasteiger partial charge in [-0.15, -0.1) is 11.3 Å². The number of likely N-dealkylation sites (tertiary alicyclic amines) is 1. The average Bonchev–Trinajstić information content (AvgIpc) is 2.96. The highest BCUT2D eigenvalue weighted by atomic mass is 35.5. The van der Waals surface area contributed by atoms with Crippen LogP contribution in [0.3, 0.4) is 0 Å². The van der Waals surface area contributed by atoms with Gasteiger partial charge in [-0.1, -0.05) is 11.6 Å². The van der Waals surface area contributed by atoms with Crippen LogP contribution in [0.2, 0.25) is 4.34 Å². The van der Waals surface area contributed by atoms with Crippen LogP contribution >= 0.6 is 22.9 Å². The molecule has 0 spiro atoms. The zero-order chi connectivity index (χ0) is 16.4. The van der Waals surface area contributed by atoms with Crippen molar-refractivity contribution < 1.29 is 9.90 Å². The predicted molar refractivity (Wildman–Crippen MR) is 92.1 cm³/mol. The summed E-state index contributed by atoms with van der Waals surface area (Å²) < 4.78 is 0.775. The van der Waals surface area contributed by atoms with E-state index in [0.717, 1.165) is 23.0 Å². The third kappa shape index (κ3) is 3.57. The molecular formula is C17H19ClN2O2S. The molecule has 1 aliphatic rings. The molecular weight excluding hydrogens is 332 g/mol. The molecule has 0 bridgehead atoms. The van der Waals surface area contributed by atoms with Gasteiger partial charge in [-0.05, 0) is 62.2 Å². The molecule has 1 atom stereocenters. The van der Waals surface area contributed by atoms with Crippen LogP contribution in [0.25, 0.3) is 0 Å². The Balaban J connectivity index is 1.91. The van der Waals surface area contributed by atoms with Gasteiger partial charge in [0.1, 0.15) is 0 Å². The molecule has 1 unspecified atom stereocenters. The molecule has 1 N–H and O–H groups in total. The van der Waals surface area contributed by atoms with Crippen LogP contribution in [0, 0.1) is 12.8 Å². The second-order valence-electron chi connectivity index (χ2n) is 5.93. The summed E-state index contributed by atoms with van der Waals surface area (Å²) in [6, 6.07) is 6.16. The molecule has 1 fully saturated rings. The number of rotatable bonds is 4. The highest BCUT2D eigenvalue weighted by Crippen LogP contribution is 2.38. The van der Waals surface area contributed by atoms with E-state index in [4.69, 9.17) is 11.6 Å². The number of hydrogen-bond acceptors (Lipinski definition) is 4. The Morgan fingerprint density at radius 1 is 1.39 bits per heavy atom. The number of carboxylic acids is 1. The normalized spacial score (nSPS) is 18.0. The Hall–Kier alpha value is -1.43. The molecule has 6 heteroatoms. The van der Waals surface area contributed by atoms with Gasteiger partial charge in [0.05, 0.1) is 16.3 Å². The lowest BCUT2D eigenvalue weighted by Gasteiger charge is -2.36. The summed E-state index contributed by atoms with van der Waals surface area (Å²) in [7, 11) is 0. The molecule has 0 aromatic carbocycles. The lowest BCUT2D eigenvalue weighted by molar-refractivity contribution is -0.143. The minimum absolute atomic E-state index is 0.116. The van der Waals surface area contributed by atoms with Gasteiger partial charge < -0.3 is 5.11 Å². The monoisotopic (exact) mass is 350 g/mol. The first-order valence-corrected chi connectivity index (χ1v) is 8.88. The number of carboxylic acid groups (broad SMARTS) is 1. The highest BCUT2D eigenvalue weighted by molar-refractivity contribution is 7.16. The van der Waals surface area contributed by atoms with Crippen LogP contribution in [-0.2, 0) is 4.79 Å². The zero-order valence-corrected chi connectivity index (χ0v) is 14.5. The number of nitrogens with zero attached hydrogens (tertiary/aromatic N) is 2. The first-order valence-electron chi connectivity index (χ1n) is 7.69. The quantitative estimate of drug-likeness (QED) is 0.905. The van der Waals surface area contributed by atoms with Gasteiger partial charge in [-0.25, -0.2) is 0 Å². The van der Waals surface area contributed by atoms with E-state index >= 15 is 0 Å². The number of halogens is 1. The third-order valence-corrected chi connectivity index (χ3v) is 5.75. The van der Waals surface area contributed by atoms with Gasteiger partial charge in [0, 0.05) is 17.3 Å². The minimum Gasteiger partial charge on any atom is -0.481 e. The number of carbonyl (C=O) groups is 1. The summed E-state index contributed by atoms with van der Waals surface area (Å²) in [5.41, 5.74) is 2.36. The Labute approximate surface area is 144 Å². The number of aryl methyl sites for hydroxylation is 1. The molecule has 4 nitrogen and oxygen atoms in total. The Morgan fingerprint density at radius 3 is 2.70 bits per heavy atom. The van der Waals surface area contributed by atoms with Crippen molar-refractivity contribution in [1.29, 1.82) is 0 Å². The number of piperidine rings is 1. The van der Waals surface area contributed by atoms with E-state index < -0.39 is 5.97 Å². The van der Waals surface area contributed by atoms with Crippen LogP contribution in [0.4, 0.5) is 0 Å². The fourth-order valence-corrected chi connectivity index (χ4v) is 4.42.